The molecule has 4 fully saturated rings. The molecule has 0 unspecified atom stereocenters. The van der Waals surface area contributed by atoms with Crippen molar-refractivity contribution >= 4 is 11.8 Å². The molecule has 0 aromatic rings. The second kappa shape index (κ2) is 45.5. The van der Waals surface area contributed by atoms with Gasteiger partial charge >= 0.3 is 0 Å². The first-order chi connectivity index (χ1) is 43.7. The number of hydrogen-bond acceptors (Lipinski definition) is 24. The molecular weight excluding hydrogens is 1190 g/mol. The summed E-state index contributed by atoms with van der Waals surface area (Å²) in [7, 11) is 0. The van der Waals surface area contributed by atoms with E-state index in [1.54, 1.807) is 0 Å². The van der Waals surface area contributed by atoms with Gasteiger partial charge in [-0.05, 0) is 19.8 Å². The lowest BCUT2D eigenvalue weighted by molar-refractivity contribution is -0.373. The Labute approximate surface area is 540 Å². The van der Waals surface area contributed by atoms with Gasteiger partial charge in [-0.3, -0.25) is 9.59 Å². The highest BCUT2D eigenvalue weighted by atomic mass is 16.8. The summed E-state index contributed by atoms with van der Waals surface area (Å²) in [6, 6.07) is -2.93. The average molecular weight is 1320 g/mol. The number of carbonyl (C=O) groups is 2. The van der Waals surface area contributed by atoms with E-state index in [0.29, 0.717) is 12.8 Å². The molecule has 4 aliphatic rings. The number of unbranched alkanes of at least 4 members (excludes halogenated alkanes) is 27. The van der Waals surface area contributed by atoms with Gasteiger partial charge in [-0.25, -0.2) is 0 Å². The van der Waals surface area contributed by atoms with E-state index in [0.717, 1.165) is 64.7 Å². The van der Waals surface area contributed by atoms with E-state index in [1.807, 2.05) is 0 Å². The van der Waals surface area contributed by atoms with Crippen molar-refractivity contribution < 1.29 is 119 Å². The van der Waals surface area contributed by atoms with Gasteiger partial charge in [-0.2, -0.15) is 0 Å². The minimum Gasteiger partial charge on any atom is -0.394 e. The fourth-order valence-electron chi connectivity index (χ4n) is 12.4. The van der Waals surface area contributed by atoms with Gasteiger partial charge < -0.3 is 120 Å². The van der Waals surface area contributed by atoms with Gasteiger partial charge in [0.1, 0.15) is 104 Å². The third kappa shape index (κ3) is 27.8. The Morgan fingerprint density at radius 3 is 1.33 bits per heavy atom. The summed E-state index contributed by atoms with van der Waals surface area (Å²) in [5.41, 5.74) is 0. The minimum atomic E-state index is -2.10. The van der Waals surface area contributed by atoms with E-state index in [4.69, 9.17) is 37.9 Å². The van der Waals surface area contributed by atoms with E-state index in [2.05, 4.69) is 24.5 Å². The number of aliphatic hydroxyl groups excluding tert-OH is 14. The Morgan fingerprint density at radius 1 is 0.440 bits per heavy atom. The quantitative estimate of drug-likeness (QED) is 0.0388. The summed E-state index contributed by atoms with van der Waals surface area (Å²) in [5.74, 6) is -1.55. The zero-order valence-corrected chi connectivity index (χ0v) is 54.9. The molecule has 0 aromatic heterocycles. The fraction of sp³-hybridized carbons (Fsp3) is 0.969. The molecule has 4 aliphatic heterocycles. The largest absolute Gasteiger partial charge is 0.394 e. The standard InChI is InChI=1S/C65H122N2O24/c1-5-7-9-11-13-15-17-18-19-20-21-22-23-25-27-29-31-33-35-44(72)61(83)67-42(50(74)43(71)34-32-30-28-26-24-16-14-12-10-8-6-2)38-84-65-60(56(80)51(75)45(36-68)88-65)91-64-58(82)55(79)52(76)47(89-64)39-85-62-48(66-41(4)70)59(53(77)46(37-69)87-62)90-63-57(81)54(78)49(73)40(3)86-63/h40,42-60,62-65,68-69,71-82H,5-39H2,1-4H3,(H,66,70)(H,67,83)/t40-,42-,43+,44+,45+,46+,47+,48+,49-,50-,51-,52-,53-,54+,55-,56-,57+,58+,59+,60+,62+,63-,64+,65-/m0/s1. The number of hydrogen-bond donors (Lipinski definition) is 16. The SMILES string of the molecule is CCCCCCCCCCCCCCCCCCCC[C@@H](O)C(=O)N[C@@H](CO[C@H]1O[C@H](CO)[C@H](O)[C@H](O)[C@H]1O[C@H]1O[C@H](CO[C@@H]2O[C@H](CO)[C@H](O)[C@H](O[C@@H]3O[C@@H](C)[C@H](O)[C@@H](O)[C@H]3O)[C@H]2NC(C)=O)[C@H](O)[C@H](O)[C@H]1O)[C@H](O)[C@H](O)CCCCCCCCCCCCC. The predicted molar refractivity (Wildman–Crippen MR) is 332 cm³/mol. The van der Waals surface area contributed by atoms with E-state index in [-0.39, 0.29) is 12.8 Å². The third-order valence-corrected chi connectivity index (χ3v) is 18.3. The maximum atomic E-state index is 13.7. The van der Waals surface area contributed by atoms with Crippen LogP contribution in [0.15, 0.2) is 0 Å². The van der Waals surface area contributed by atoms with Gasteiger partial charge in [0.2, 0.25) is 11.8 Å². The molecule has 24 atom stereocenters. The van der Waals surface area contributed by atoms with Crippen molar-refractivity contribution in [2.45, 2.75) is 374 Å². The Kier molecular flexibility index (Phi) is 40.8. The number of carbonyl (C=O) groups excluding carboxylic acids is 2. The molecule has 4 heterocycles. The lowest BCUT2D eigenvalue weighted by Crippen LogP contribution is -2.68. The van der Waals surface area contributed by atoms with Crippen LogP contribution in [0.4, 0.5) is 0 Å². The van der Waals surface area contributed by atoms with Crippen LogP contribution in [-0.4, -0.2) is 257 Å². The zero-order chi connectivity index (χ0) is 66.8. The van der Waals surface area contributed by atoms with Crippen LogP contribution in [0.5, 0.6) is 0 Å². The Bertz CT molecular complexity index is 1890. The van der Waals surface area contributed by atoms with Crippen LogP contribution in [0, 0.1) is 0 Å². The van der Waals surface area contributed by atoms with E-state index in [9.17, 15) is 81.1 Å². The smallest absolute Gasteiger partial charge is 0.249 e. The number of rotatable bonds is 48. The lowest BCUT2D eigenvalue weighted by Gasteiger charge is -2.48. The van der Waals surface area contributed by atoms with Crippen LogP contribution < -0.4 is 10.6 Å². The molecule has 0 radical (unpaired) electrons. The van der Waals surface area contributed by atoms with Crippen LogP contribution in [-0.2, 0) is 47.5 Å². The maximum Gasteiger partial charge on any atom is 0.249 e. The first-order valence-corrected chi connectivity index (χ1v) is 34.8. The lowest BCUT2D eigenvalue weighted by atomic mass is 9.95. The second-order valence-corrected chi connectivity index (χ2v) is 26.0. The number of ether oxygens (including phenoxy) is 8. The molecule has 0 saturated carbocycles. The van der Waals surface area contributed by atoms with Crippen molar-refractivity contribution in [2.75, 3.05) is 26.4 Å². The number of amides is 2. The highest BCUT2D eigenvalue weighted by Crippen LogP contribution is 2.34. The van der Waals surface area contributed by atoms with Gasteiger partial charge in [-0.1, -0.05) is 200 Å². The summed E-state index contributed by atoms with van der Waals surface area (Å²) in [6.45, 7) is 3.76. The van der Waals surface area contributed by atoms with Crippen molar-refractivity contribution in [1.82, 2.24) is 10.6 Å². The van der Waals surface area contributed by atoms with Gasteiger partial charge in [-0.15, -0.1) is 0 Å². The Balaban J connectivity index is 1.41. The Morgan fingerprint density at radius 2 is 0.846 bits per heavy atom. The van der Waals surface area contributed by atoms with Crippen LogP contribution in [0.2, 0.25) is 0 Å². The van der Waals surface area contributed by atoms with Crippen LogP contribution in [0.3, 0.4) is 0 Å². The van der Waals surface area contributed by atoms with E-state index < -0.39 is 185 Å². The summed E-state index contributed by atoms with van der Waals surface area (Å²) in [4.78, 5) is 26.3. The highest BCUT2D eigenvalue weighted by Gasteiger charge is 2.54. The van der Waals surface area contributed by atoms with E-state index >= 15 is 0 Å². The minimum absolute atomic E-state index is 0.124. The van der Waals surface area contributed by atoms with Gasteiger partial charge in [0.25, 0.3) is 0 Å². The van der Waals surface area contributed by atoms with Crippen molar-refractivity contribution in [3.05, 3.63) is 0 Å². The number of aliphatic hydroxyl groups is 14. The third-order valence-electron chi connectivity index (χ3n) is 18.3. The average Bonchev–Trinajstić information content (AvgIpc) is 0.837. The molecule has 0 aromatic carbocycles. The van der Waals surface area contributed by atoms with Gasteiger partial charge in [0.05, 0.1) is 44.7 Å². The molecule has 4 rings (SSSR count). The molecule has 2 amide bonds. The van der Waals surface area contributed by atoms with E-state index in [1.165, 1.54) is 122 Å². The maximum absolute atomic E-state index is 13.7. The van der Waals surface area contributed by atoms with Crippen molar-refractivity contribution in [2.24, 2.45) is 0 Å². The monoisotopic (exact) mass is 1310 g/mol. The molecule has 536 valence electrons. The summed E-state index contributed by atoms with van der Waals surface area (Å²) < 4.78 is 47.1. The molecule has 16 N–H and O–H groups in total. The fourth-order valence-corrected chi connectivity index (χ4v) is 12.4. The predicted octanol–water partition coefficient (Wildman–Crippen LogP) is 2.15. The molecule has 91 heavy (non-hydrogen) atoms. The Hall–Kier alpha value is -1.94. The van der Waals surface area contributed by atoms with Crippen molar-refractivity contribution in [3.8, 4) is 0 Å². The molecule has 4 saturated heterocycles. The summed E-state index contributed by atoms with van der Waals surface area (Å²) in [5, 5.41) is 159. The topological polar surface area (TPSA) is 415 Å². The van der Waals surface area contributed by atoms with Gasteiger partial charge in [0, 0.05) is 6.92 Å². The molecule has 0 spiro atoms. The number of nitrogens with one attached hydrogen (secondary N) is 2. The summed E-state index contributed by atoms with van der Waals surface area (Å²) in [6.07, 6.45) is -4.62. The van der Waals surface area contributed by atoms with Crippen LogP contribution in [0.25, 0.3) is 0 Å². The molecule has 0 aliphatic carbocycles. The molecule has 0 bridgehead atoms. The van der Waals surface area contributed by atoms with Gasteiger partial charge in [0.15, 0.2) is 25.2 Å². The van der Waals surface area contributed by atoms with Crippen molar-refractivity contribution in [3.63, 3.8) is 0 Å². The second-order valence-electron chi connectivity index (χ2n) is 26.0. The molecule has 26 heteroatoms. The van der Waals surface area contributed by atoms with Crippen LogP contribution in [0.1, 0.15) is 227 Å². The first kappa shape index (κ1) is 81.5. The first-order valence-electron chi connectivity index (χ1n) is 34.8. The molecular formula is C65H122N2O24. The normalized spacial score (nSPS) is 33.5. The van der Waals surface area contributed by atoms with Crippen LogP contribution >= 0.6 is 0 Å². The zero-order valence-electron chi connectivity index (χ0n) is 54.9. The van der Waals surface area contributed by atoms with Crippen molar-refractivity contribution in [1.29, 1.82) is 0 Å². The molecule has 26 nitrogen and oxygen atoms in total. The highest BCUT2D eigenvalue weighted by molar-refractivity contribution is 5.80. The summed E-state index contributed by atoms with van der Waals surface area (Å²) >= 11 is 0.